The molecule has 0 spiro atoms. The average Bonchev–Trinajstić information content (AvgIpc) is 2.93. The number of nitrogens with zero attached hydrogens (tertiary/aromatic N) is 2. The Hall–Kier alpha value is -1.56. The number of aryl methyl sites for hydroxylation is 1. The topological polar surface area (TPSA) is 23.6 Å². The van der Waals surface area contributed by atoms with Crippen molar-refractivity contribution in [3.8, 4) is 0 Å². The van der Waals surface area contributed by atoms with Crippen molar-refractivity contribution in [3.05, 3.63) is 29.3 Å². The summed E-state index contributed by atoms with van der Waals surface area (Å²) in [5, 5.41) is 0. The molecule has 1 unspecified atom stereocenters. The number of amides is 1. The standard InChI is InChI=1S/C17H21F3N2O/c1-12-4-2-6-15-14(12)5-3-8-22(15)16(23)13-7-9-21(10-13)11-17(18,19)20/h2,4,6,13H,3,5,7-11H2,1H3. The highest BCUT2D eigenvalue weighted by Crippen LogP contribution is 2.32. The fourth-order valence-electron chi connectivity index (χ4n) is 3.68. The molecule has 2 aliphatic rings. The number of halogens is 3. The van der Waals surface area contributed by atoms with Crippen molar-refractivity contribution < 1.29 is 18.0 Å². The van der Waals surface area contributed by atoms with Gasteiger partial charge in [-0.05, 0) is 49.9 Å². The summed E-state index contributed by atoms with van der Waals surface area (Å²) in [7, 11) is 0. The third-order valence-electron chi connectivity index (χ3n) is 4.78. The van der Waals surface area contributed by atoms with E-state index >= 15 is 0 Å². The zero-order valence-electron chi connectivity index (χ0n) is 13.2. The Morgan fingerprint density at radius 1 is 1.30 bits per heavy atom. The number of hydrogen-bond donors (Lipinski definition) is 0. The van der Waals surface area contributed by atoms with Gasteiger partial charge in [-0.15, -0.1) is 0 Å². The quantitative estimate of drug-likeness (QED) is 0.833. The highest BCUT2D eigenvalue weighted by molar-refractivity contribution is 5.96. The number of anilines is 1. The highest BCUT2D eigenvalue weighted by atomic mass is 19.4. The van der Waals surface area contributed by atoms with Crippen molar-refractivity contribution >= 4 is 11.6 Å². The molecule has 2 heterocycles. The van der Waals surface area contributed by atoms with Gasteiger partial charge in [-0.25, -0.2) is 0 Å². The van der Waals surface area contributed by atoms with Gasteiger partial charge in [-0.3, -0.25) is 9.69 Å². The van der Waals surface area contributed by atoms with Crippen molar-refractivity contribution in [2.24, 2.45) is 5.92 Å². The van der Waals surface area contributed by atoms with E-state index in [4.69, 9.17) is 0 Å². The van der Waals surface area contributed by atoms with Gasteiger partial charge >= 0.3 is 6.18 Å². The first-order chi connectivity index (χ1) is 10.8. The van der Waals surface area contributed by atoms with Gasteiger partial charge in [-0.1, -0.05) is 12.1 Å². The summed E-state index contributed by atoms with van der Waals surface area (Å²) < 4.78 is 37.5. The maximum Gasteiger partial charge on any atom is 0.401 e. The Bertz CT molecular complexity index is 600. The second-order valence-corrected chi connectivity index (χ2v) is 6.50. The first-order valence-corrected chi connectivity index (χ1v) is 8.04. The molecule has 0 aromatic heterocycles. The van der Waals surface area contributed by atoms with Crippen LogP contribution in [0, 0.1) is 12.8 Å². The predicted octanol–water partition coefficient (Wildman–Crippen LogP) is 3.16. The van der Waals surface area contributed by atoms with E-state index < -0.39 is 12.7 Å². The summed E-state index contributed by atoms with van der Waals surface area (Å²) in [6.07, 6.45) is -1.83. The summed E-state index contributed by atoms with van der Waals surface area (Å²) in [6.45, 7) is 2.31. The van der Waals surface area contributed by atoms with Crippen LogP contribution in [0.5, 0.6) is 0 Å². The van der Waals surface area contributed by atoms with E-state index in [0.717, 1.165) is 18.5 Å². The molecule has 0 radical (unpaired) electrons. The third-order valence-corrected chi connectivity index (χ3v) is 4.78. The van der Waals surface area contributed by atoms with Crippen LogP contribution >= 0.6 is 0 Å². The van der Waals surface area contributed by atoms with Gasteiger partial charge < -0.3 is 4.90 Å². The monoisotopic (exact) mass is 326 g/mol. The number of alkyl halides is 3. The molecule has 2 aliphatic heterocycles. The molecule has 6 heteroatoms. The van der Waals surface area contributed by atoms with Crippen molar-refractivity contribution in [3.63, 3.8) is 0 Å². The molecule has 3 rings (SSSR count). The molecule has 1 saturated heterocycles. The number of carbonyl (C=O) groups is 1. The lowest BCUT2D eigenvalue weighted by molar-refractivity contribution is -0.144. The number of hydrogen-bond acceptors (Lipinski definition) is 2. The lowest BCUT2D eigenvalue weighted by Gasteiger charge is -2.32. The molecule has 0 saturated carbocycles. The van der Waals surface area contributed by atoms with E-state index in [0.29, 0.717) is 19.5 Å². The smallest absolute Gasteiger partial charge is 0.312 e. The Morgan fingerprint density at radius 2 is 2.09 bits per heavy atom. The molecule has 1 amide bonds. The van der Waals surface area contributed by atoms with Crippen molar-refractivity contribution in [2.45, 2.75) is 32.4 Å². The molecule has 0 N–H and O–H groups in total. The molecule has 1 fully saturated rings. The van der Waals surface area contributed by atoms with Gasteiger partial charge in [-0.2, -0.15) is 13.2 Å². The molecular weight excluding hydrogens is 305 g/mol. The van der Waals surface area contributed by atoms with Gasteiger partial charge in [0.1, 0.15) is 0 Å². The lowest BCUT2D eigenvalue weighted by atomic mass is 9.95. The van der Waals surface area contributed by atoms with Gasteiger partial charge in [0.15, 0.2) is 0 Å². The predicted molar refractivity (Wildman–Crippen MR) is 82.5 cm³/mol. The third kappa shape index (κ3) is 3.52. The van der Waals surface area contributed by atoms with Crippen molar-refractivity contribution in [1.82, 2.24) is 4.90 Å². The molecule has 0 aliphatic carbocycles. The molecule has 1 atom stereocenters. The zero-order chi connectivity index (χ0) is 16.6. The maximum atomic E-state index is 12.8. The van der Waals surface area contributed by atoms with Crippen LogP contribution in [-0.4, -0.2) is 43.2 Å². The molecule has 1 aromatic carbocycles. The van der Waals surface area contributed by atoms with Gasteiger partial charge in [0.05, 0.1) is 12.5 Å². The van der Waals surface area contributed by atoms with Gasteiger partial charge in [0, 0.05) is 18.8 Å². The number of rotatable bonds is 2. The SMILES string of the molecule is Cc1cccc2c1CCCN2C(=O)C1CCN(CC(F)(F)F)C1. The van der Waals surface area contributed by atoms with Gasteiger partial charge in [0.2, 0.25) is 5.91 Å². The Labute approximate surface area is 134 Å². The Morgan fingerprint density at radius 3 is 2.83 bits per heavy atom. The zero-order valence-corrected chi connectivity index (χ0v) is 13.2. The normalized spacial score (nSPS) is 22.3. The van der Waals surface area contributed by atoms with Crippen LogP contribution < -0.4 is 4.90 Å². The molecule has 0 bridgehead atoms. The largest absolute Gasteiger partial charge is 0.401 e. The molecule has 23 heavy (non-hydrogen) atoms. The van der Waals surface area contributed by atoms with Crippen LogP contribution in [-0.2, 0) is 11.2 Å². The number of benzene rings is 1. The molecule has 3 nitrogen and oxygen atoms in total. The fourth-order valence-corrected chi connectivity index (χ4v) is 3.68. The highest BCUT2D eigenvalue weighted by Gasteiger charge is 2.38. The van der Waals surface area contributed by atoms with Crippen molar-refractivity contribution in [1.29, 1.82) is 0 Å². The minimum Gasteiger partial charge on any atom is -0.312 e. The van der Waals surface area contributed by atoms with Crippen LogP contribution in [0.25, 0.3) is 0 Å². The summed E-state index contributed by atoms with van der Waals surface area (Å²) in [5.74, 6) is -0.356. The van der Waals surface area contributed by atoms with Crippen LogP contribution in [0.2, 0.25) is 0 Å². The van der Waals surface area contributed by atoms with E-state index in [1.165, 1.54) is 16.0 Å². The number of fused-ring (bicyclic) bond motifs is 1. The van der Waals surface area contributed by atoms with E-state index in [2.05, 4.69) is 0 Å². The second kappa shape index (κ2) is 6.15. The minimum absolute atomic E-state index is 0.0266. The molecule has 126 valence electrons. The molecule has 1 aromatic rings. The first kappa shape index (κ1) is 16.3. The van der Waals surface area contributed by atoms with Crippen molar-refractivity contribution in [2.75, 3.05) is 31.1 Å². The van der Waals surface area contributed by atoms with Crippen LogP contribution in [0.15, 0.2) is 18.2 Å². The first-order valence-electron chi connectivity index (χ1n) is 8.04. The minimum atomic E-state index is -4.20. The van der Waals surface area contributed by atoms with E-state index in [1.807, 2.05) is 25.1 Å². The van der Waals surface area contributed by atoms with Crippen LogP contribution in [0.1, 0.15) is 24.0 Å². The lowest BCUT2D eigenvalue weighted by Crippen LogP contribution is -2.41. The van der Waals surface area contributed by atoms with E-state index in [-0.39, 0.29) is 18.4 Å². The summed E-state index contributed by atoms with van der Waals surface area (Å²) >= 11 is 0. The summed E-state index contributed by atoms with van der Waals surface area (Å²) in [6, 6.07) is 5.92. The van der Waals surface area contributed by atoms with Crippen LogP contribution in [0.4, 0.5) is 18.9 Å². The summed E-state index contributed by atoms with van der Waals surface area (Å²) in [5.41, 5.74) is 3.30. The molecular formula is C17H21F3N2O. The van der Waals surface area contributed by atoms with E-state index in [1.54, 1.807) is 4.90 Å². The maximum absolute atomic E-state index is 12.8. The fraction of sp³-hybridized carbons (Fsp3) is 0.588. The van der Waals surface area contributed by atoms with Gasteiger partial charge in [0.25, 0.3) is 0 Å². The Balaban J connectivity index is 1.72. The summed E-state index contributed by atoms with van der Waals surface area (Å²) in [4.78, 5) is 15.9. The number of likely N-dealkylation sites (tertiary alicyclic amines) is 1. The van der Waals surface area contributed by atoms with Crippen LogP contribution in [0.3, 0.4) is 0 Å². The second-order valence-electron chi connectivity index (χ2n) is 6.50. The Kier molecular flexibility index (Phi) is 4.36. The average molecular weight is 326 g/mol. The van der Waals surface area contributed by atoms with E-state index in [9.17, 15) is 18.0 Å². The number of carbonyl (C=O) groups excluding carboxylic acids is 1.